The zero-order valence-electron chi connectivity index (χ0n) is 13.8. The number of benzene rings is 1. The van der Waals surface area contributed by atoms with Crippen LogP contribution in [0.3, 0.4) is 0 Å². The largest absolute Gasteiger partial charge is 0.353 e. The van der Waals surface area contributed by atoms with Gasteiger partial charge in [0.15, 0.2) is 0 Å². The lowest BCUT2D eigenvalue weighted by Crippen LogP contribution is -2.47. The molecule has 2 atom stereocenters. The number of likely N-dealkylation sites (tertiary alicyclic amines) is 1. The molecule has 4 nitrogen and oxygen atoms in total. The van der Waals surface area contributed by atoms with Crippen LogP contribution in [0.2, 0.25) is 0 Å². The molecule has 2 unspecified atom stereocenters. The fraction of sp³-hybridized carbons (Fsp3) is 0.556. The Morgan fingerprint density at radius 2 is 2.04 bits per heavy atom. The zero-order valence-corrected chi connectivity index (χ0v) is 13.8. The Hall–Kier alpha value is -1.91. The summed E-state index contributed by atoms with van der Waals surface area (Å²) in [5.41, 5.74) is 0.465. The summed E-state index contributed by atoms with van der Waals surface area (Å²) in [5, 5.41) is 3.03. The Morgan fingerprint density at radius 3 is 2.70 bits per heavy atom. The highest BCUT2D eigenvalue weighted by Crippen LogP contribution is 2.19. The molecule has 0 spiro atoms. The first-order valence-electron chi connectivity index (χ1n) is 8.36. The van der Waals surface area contributed by atoms with Gasteiger partial charge >= 0.3 is 0 Å². The molecule has 2 amide bonds. The second kappa shape index (κ2) is 8.09. The van der Waals surface area contributed by atoms with E-state index < -0.39 is 0 Å². The first-order chi connectivity index (χ1) is 11.0. The summed E-state index contributed by atoms with van der Waals surface area (Å²) in [7, 11) is 0. The number of nitrogens with one attached hydrogen (secondary N) is 1. The van der Waals surface area contributed by atoms with Crippen LogP contribution in [-0.4, -0.2) is 35.8 Å². The number of hydrogen-bond acceptors (Lipinski definition) is 2. The SMILES string of the molecule is CCCC(C)NC(=O)C1CCCN(C(=O)c2ccc(F)cc2)C1. The van der Waals surface area contributed by atoms with E-state index in [1.165, 1.54) is 24.3 Å². The van der Waals surface area contributed by atoms with Gasteiger partial charge in [0.05, 0.1) is 5.92 Å². The summed E-state index contributed by atoms with van der Waals surface area (Å²) >= 11 is 0. The van der Waals surface area contributed by atoms with E-state index >= 15 is 0 Å². The smallest absolute Gasteiger partial charge is 0.253 e. The molecule has 0 aliphatic carbocycles. The van der Waals surface area contributed by atoms with Gasteiger partial charge in [0.2, 0.25) is 5.91 Å². The third-order valence-corrected chi connectivity index (χ3v) is 4.28. The van der Waals surface area contributed by atoms with Crippen molar-refractivity contribution in [2.75, 3.05) is 13.1 Å². The quantitative estimate of drug-likeness (QED) is 0.907. The lowest BCUT2D eigenvalue weighted by Gasteiger charge is -2.32. The Kier molecular flexibility index (Phi) is 6.13. The molecule has 1 N–H and O–H groups in total. The van der Waals surface area contributed by atoms with Gasteiger partial charge in [0.25, 0.3) is 5.91 Å². The molecule has 1 aliphatic rings. The van der Waals surface area contributed by atoms with Crippen LogP contribution in [-0.2, 0) is 4.79 Å². The van der Waals surface area contributed by atoms with Crippen molar-refractivity contribution in [2.24, 2.45) is 5.92 Å². The second-order valence-corrected chi connectivity index (χ2v) is 6.30. The van der Waals surface area contributed by atoms with Crippen LogP contribution in [0, 0.1) is 11.7 Å². The van der Waals surface area contributed by atoms with Crippen LogP contribution in [0.5, 0.6) is 0 Å². The Bertz CT molecular complexity index is 544. The third kappa shape index (κ3) is 4.78. The van der Waals surface area contributed by atoms with Crippen LogP contribution >= 0.6 is 0 Å². The van der Waals surface area contributed by atoms with Gasteiger partial charge < -0.3 is 10.2 Å². The van der Waals surface area contributed by atoms with Crippen molar-refractivity contribution in [2.45, 2.75) is 45.6 Å². The molecule has 2 rings (SSSR count). The molecule has 0 aromatic heterocycles. The number of rotatable bonds is 5. The van der Waals surface area contributed by atoms with Crippen LogP contribution in [0.1, 0.15) is 49.9 Å². The van der Waals surface area contributed by atoms with Crippen molar-refractivity contribution < 1.29 is 14.0 Å². The maximum absolute atomic E-state index is 13.0. The molecule has 1 aromatic carbocycles. The number of carbonyl (C=O) groups is 2. The number of halogens is 1. The Morgan fingerprint density at radius 1 is 1.35 bits per heavy atom. The van der Waals surface area contributed by atoms with Gasteiger partial charge in [-0.15, -0.1) is 0 Å². The lowest BCUT2D eigenvalue weighted by atomic mass is 9.96. The standard InChI is InChI=1S/C18H25FN2O2/c1-3-5-13(2)20-17(22)15-6-4-11-21(12-15)18(23)14-7-9-16(19)10-8-14/h7-10,13,15H,3-6,11-12H2,1-2H3,(H,20,22). The monoisotopic (exact) mass is 320 g/mol. The lowest BCUT2D eigenvalue weighted by molar-refractivity contribution is -0.127. The zero-order chi connectivity index (χ0) is 16.8. The van der Waals surface area contributed by atoms with E-state index in [1.54, 1.807) is 4.90 Å². The van der Waals surface area contributed by atoms with Crippen molar-refractivity contribution in [3.63, 3.8) is 0 Å². The van der Waals surface area contributed by atoms with Gasteiger partial charge in [0, 0.05) is 24.7 Å². The second-order valence-electron chi connectivity index (χ2n) is 6.30. The number of carbonyl (C=O) groups excluding carboxylic acids is 2. The van der Waals surface area contributed by atoms with Crippen molar-refractivity contribution >= 4 is 11.8 Å². The average molecular weight is 320 g/mol. The molecular formula is C18H25FN2O2. The maximum atomic E-state index is 13.0. The number of hydrogen-bond donors (Lipinski definition) is 1. The molecule has 1 fully saturated rings. The van der Waals surface area contributed by atoms with Crippen molar-refractivity contribution in [3.8, 4) is 0 Å². The summed E-state index contributed by atoms with van der Waals surface area (Å²) in [6.45, 7) is 5.17. The average Bonchev–Trinajstić information content (AvgIpc) is 2.55. The van der Waals surface area contributed by atoms with E-state index in [-0.39, 0.29) is 29.6 Å². The minimum Gasteiger partial charge on any atom is -0.353 e. The molecule has 0 radical (unpaired) electrons. The summed E-state index contributed by atoms with van der Waals surface area (Å²) in [6.07, 6.45) is 3.60. The molecule has 1 heterocycles. The molecule has 1 aliphatic heterocycles. The third-order valence-electron chi connectivity index (χ3n) is 4.28. The summed E-state index contributed by atoms with van der Waals surface area (Å²) in [5.74, 6) is -0.624. The Balaban J connectivity index is 1.96. The summed E-state index contributed by atoms with van der Waals surface area (Å²) < 4.78 is 13.0. The van der Waals surface area contributed by atoms with Crippen LogP contribution < -0.4 is 5.32 Å². The fourth-order valence-corrected chi connectivity index (χ4v) is 3.02. The van der Waals surface area contributed by atoms with Gasteiger partial charge in [-0.05, 0) is 50.5 Å². The number of nitrogens with zero attached hydrogens (tertiary/aromatic N) is 1. The van der Waals surface area contributed by atoms with Gasteiger partial charge in [-0.3, -0.25) is 9.59 Å². The van der Waals surface area contributed by atoms with Crippen LogP contribution in [0.15, 0.2) is 24.3 Å². The topological polar surface area (TPSA) is 49.4 Å². The van der Waals surface area contributed by atoms with Gasteiger partial charge in [-0.2, -0.15) is 0 Å². The van der Waals surface area contributed by atoms with Gasteiger partial charge in [-0.25, -0.2) is 4.39 Å². The predicted molar refractivity (Wildman–Crippen MR) is 87.5 cm³/mol. The molecular weight excluding hydrogens is 295 g/mol. The van der Waals surface area contributed by atoms with Crippen LogP contribution in [0.4, 0.5) is 4.39 Å². The molecule has 126 valence electrons. The van der Waals surface area contributed by atoms with E-state index in [4.69, 9.17) is 0 Å². The minimum absolute atomic E-state index is 0.0301. The Labute approximate surface area is 137 Å². The molecule has 1 aromatic rings. The maximum Gasteiger partial charge on any atom is 0.253 e. The molecule has 0 bridgehead atoms. The number of amides is 2. The summed E-state index contributed by atoms with van der Waals surface area (Å²) in [4.78, 5) is 26.5. The van der Waals surface area contributed by atoms with E-state index in [0.717, 1.165) is 25.7 Å². The molecule has 23 heavy (non-hydrogen) atoms. The predicted octanol–water partition coefficient (Wildman–Crippen LogP) is 2.98. The highest BCUT2D eigenvalue weighted by molar-refractivity contribution is 5.94. The van der Waals surface area contributed by atoms with Crippen LogP contribution in [0.25, 0.3) is 0 Å². The normalized spacial score (nSPS) is 19.3. The van der Waals surface area contributed by atoms with E-state index in [2.05, 4.69) is 12.2 Å². The molecule has 5 heteroatoms. The van der Waals surface area contributed by atoms with E-state index in [9.17, 15) is 14.0 Å². The van der Waals surface area contributed by atoms with Crippen molar-refractivity contribution in [1.29, 1.82) is 0 Å². The first kappa shape index (κ1) is 17.4. The van der Waals surface area contributed by atoms with Gasteiger partial charge in [0.1, 0.15) is 5.82 Å². The highest BCUT2D eigenvalue weighted by Gasteiger charge is 2.29. The molecule has 0 saturated carbocycles. The summed E-state index contributed by atoms with van der Waals surface area (Å²) in [6, 6.07) is 5.72. The van der Waals surface area contributed by atoms with Crippen molar-refractivity contribution in [3.05, 3.63) is 35.6 Å². The minimum atomic E-state index is -0.359. The van der Waals surface area contributed by atoms with E-state index in [0.29, 0.717) is 18.7 Å². The first-order valence-corrected chi connectivity index (χ1v) is 8.36. The highest BCUT2D eigenvalue weighted by atomic mass is 19.1. The fourth-order valence-electron chi connectivity index (χ4n) is 3.02. The molecule has 1 saturated heterocycles. The van der Waals surface area contributed by atoms with Gasteiger partial charge in [-0.1, -0.05) is 13.3 Å². The number of piperidine rings is 1. The van der Waals surface area contributed by atoms with E-state index in [1.807, 2.05) is 6.92 Å². The van der Waals surface area contributed by atoms with Crippen molar-refractivity contribution in [1.82, 2.24) is 10.2 Å².